The second-order valence-electron chi connectivity index (χ2n) is 7.76. The zero-order valence-electron chi connectivity index (χ0n) is 16.5. The standard InChI is InChI=1S/C24H27N3OS/c28-24(13-18-5-4-11-25-15-18)27(17-21-14-22(29)16-26-21)12-10-20-8-3-7-19-6-1-2-9-23(19)20/h1-9,11,15,21-22,26,29H,10,12-14,16-17H2/t21-,22-/m0/s1. The fraction of sp³-hybridized carbons (Fsp3) is 0.333. The molecule has 1 N–H and O–H groups in total. The first-order chi connectivity index (χ1) is 14.2. The summed E-state index contributed by atoms with van der Waals surface area (Å²) >= 11 is 4.58. The molecule has 4 nitrogen and oxygen atoms in total. The fourth-order valence-corrected chi connectivity index (χ4v) is 4.44. The van der Waals surface area contributed by atoms with Gasteiger partial charge in [-0.15, -0.1) is 0 Å². The number of thiol groups is 1. The van der Waals surface area contributed by atoms with Gasteiger partial charge in [0.1, 0.15) is 0 Å². The Balaban J connectivity index is 1.49. The summed E-state index contributed by atoms with van der Waals surface area (Å²) in [7, 11) is 0. The summed E-state index contributed by atoms with van der Waals surface area (Å²) in [6.07, 6.45) is 5.74. The van der Waals surface area contributed by atoms with Gasteiger partial charge >= 0.3 is 0 Å². The number of fused-ring (bicyclic) bond motifs is 1. The van der Waals surface area contributed by atoms with Crippen molar-refractivity contribution in [2.24, 2.45) is 0 Å². The van der Waals surface area contributed by atoms with Gasteiger partial charge in [-0.1, -0.05) is 48.5 Å². The predicted octanol–water partition coefficient (Wildman–Crippen LogP) is 3.51. The smallest absolute Gasteiger partial charge is 0.227 e. The van der Waals surface area contributed by atoms with Crippen LogP contribution in [0.25, 0.3) is 10.8 Å². The van der Waals surface area contributed by atoms with Crippen molar-refractivity contribution in [3.8, 4) is 0 Å². The number of hydrogen-bond acceptors (Lipinski definition) is 4. The Morgan fingerprint density at radius 2 is 2.00 bits per heavy atom. The molecular formula is C24H27N3OS. The van der Waals surface area contributed by atoms with Gasteiger partial charge in [0.2, 0.25) is 5.91 Å². The number of nitrogens with one attached hydrogen (secondary N) is 1. The molecule has 3 aromatic rings. The van der Waals surface area contributed by atoms with Gasteiger partial charge in [0, 0.05) is 43.3 Å². The van der Waals surface area contributed by atoms with Crippen molar-refractivity contribution in [3.63, 3.8) is 0 Å². The average Bonchev–Trinajstić information content (AvgIpc) is 3.16. The second kappa shape index (κ2) is 9.42. The molecule has 1 fully saturated rings. The van der Waals surface area contributed by atoms with Crippen molar-refractivity contribution in [2.45, 2.75) is 30.6 Å². The first kappa shape index (κ1) is 19.9. The number of benzene rings is 2. The summed E-state index contributed by atoms with van der Waals surface area (Å²) in [6.45, 7) is 2.34. The Morgan fingerprint density at radius 1 is 1.14 bits per heavy atom. The molecule has 1 amide bonds. The van der Waals surface area contributed by atoms with Crippen LogP contribution in [-0.2, 0) is 17.6 Å². The summed E-state index contributed by atoms with van der Waals surface area (Å²) in [5.74, 6) is 0.155. The second-order valence-corrected chi connectivity index (χ2v) is 8.49. The van der Waals surface area contributed by atoms with Crippen LogP contribution in [0.2, 0.25) is 0 Å². The summed E-state index contributed by atoms with van der Waals surface area (Å²) in [5.41, 5.74) is 2.24. The van der Waals surface area contributed by atoms with Gasteiger partial charge in [0.05, 0.1) is 6.42 Å². The maximum Gasteiger partial charge on any atom is 0.227 e. The molecule has 2 aromatic carbocycles. The molecule has 5 heteroatoms. The average molecular weight is 406 g/mol. The monoisotopic (exact) mass is 405 g/mol. The summed E-state index contributed by atoms with van der Waals surface area (Å²) < 4.78 is 0. The minimum absolute atomic E-state index is 0.155. The molecule has 0 bridgehead atoms. The van der Waals surface area contributed by atoms with Crippen molar-refractivity contribution in [3.05, 3.63) is 78.1 Å². The molecule has 0 aliphatic carbocycles. The minimum Gasteiger partial charge on any atom is -0.341 e. The lowest BCUT2D eigenvalue weighted by Gasteiger charge is -2.26. The molecule has 1 saturated heterocycles. The number of carbonyl (C=O) groups is 1. The third-order valence-electron chi connectivity index (χ3n) is 5.60. The Kier molecular flexibility index (Phi) is 6.47. The molecule has 1 aliphatic rings. The van der Waals surface area contributed by atoms with E-state index in [0.717, 1.165) is 31.5 Å². The van der Waals surface area contributed by atoms with Gasteiger partial charge in [-0.3, -0.25) is 9.78 Å². The van der Waals surface area contributed by atoms with Crippen LogP contribution >= 0.6 is 12.6 Å². The zero-order chi connectivity index (χ0) is 20.1. The minimum atomic E-state index is 0.155. The van der Waals surface area contributed by atoms with E-state index in [-0.39, 0.29) is 5.91 Å². The van der Waals surface area contributed by atoms with Gasteiger partial charge in [0.15, 0.2) is 0 Å². The molecule has 150 valence electrons. The number of rotatable bonds is 7. The molecule has 1 aliphatic heterocycles. The molecule has 2 heterocycles. The van der Waals surface area contributed by atoms with E-state index >= 15 is 0 Å². The van der Waals surface area contributed by atoms with Crippen LogP contribution in [0.4, 0.5) is 0 Å². The van der Waals surface area contributed by atoms with Crippen LogP contribution in [0, 0.1) is 0 Å². The summed E-state index contributed by atoms with van der Waals surface area (Å²) in [6, 6.07) is 19.0. The van der Waals surface area contributed by atoms with Crippen LogP contribution in [0.1, 0.15) is 17.5 Å². The van der Waals surface area contributed by atoms with Crippen molar-refractivity contribution >= 4 is 29.3 Å². The quantitative estimate of drug-likeness (QED) is 0.592. The van der Waals surface area contributed by atoms with Crippen LogP contribution < -0.4 is 5.32 Å². The molecule has 0 radical (unpaired) electrons. The predicted molar refractivity (Wildman–Crippen MR) is 121 cm³/mol. The molecule has 29 heavy (non-hydrogen) atoms. The lowest BCUT2D eigenvalue weighted by atomic mass is 10.0. The van der Waals surface area contributed by atoms with Crippen molar-refractivity contribution in [2.75, 3.05) is 19.6 Å². The molecule has 0 spiro atoms. The van der Waals surface area contributed by atoms with E-state index in [9.17, 15) is 4.79 Å². The van der Waals surface area contributed by atoms with Crippen LogP contribution in [0.15, 0.2) is 67.0 Å². The van der Waals surface area contributed by atoms with Gasteiger partial charge in [-0.05, 0) is 40.8 Å². The van der Waals surface area contributed by atoms with Gasteiger partial charge in [-0.25, -0.2) is 0 Å². The number of pyridine rings is 1. The van der Waals surface area contributed by atoms with E-state index in [4.69, 9.17) is 0 Å². The van der Waals surface area contributed by atoms with Crippen LogP contribution in [-0.4, -0.2) is 46.7 Å². The van der Waals surface area contributed by atoms with E-state index in [2.05, 4.69) is 65.4 Å². The largest absolute Gasteiger partial charge is 0.341 e. The Labute approximate surface area is 177 Å². The highest BCUT2D eigenvalue weighted by atomic mass is 32.1. The van der Waals surface area contributed by atoms with Crippen LogP contribution in [0.3, 0.4) is 0 Å². The highest BCUT2D eigenvalue weighted by molar-refractivity contribution is 7.81. The van der Waals surface area contributed by atoms with Crippen molar-refractivity contribution < 1.29 is 4.79 Å². The van der Waals surface area contributed by atoms with Crippen molar-refractivity contribution in [1.29, 1.82) is 0 Å². The molecule has 1 aromatic heterocycles. The SMILES string of the molecule is O=C(Cc1cccnc1)N(CCc1cccc2ccccc12)C[C@@H]1C[C@H](S)CN1. The van der Waals surface area contributed by atoms with Gasteiger partial charge in [0.25, 0.3) is 0 Å². The Hall–Kier alpha value is -2.37. The normalized spacial score (nSPS) is 18.8. The maximum atomic E-state index is 13.1. The lowest BCUT2D eigenvalue weighted by molar-refractivity contribution is -0.130. The highest BCUT2D eigenvalue weighted by Crippen LogP contribution is 2.20. The van der Waals surface area contributed by atoms with E-state index in [1.54, 1.807) is 12.4 Å². The molecular weight excluding hydrogens is 378 g/mol. The lowest BCUT2D eigenvalue weighted by Crippen LogP contribution is -2.42. The number of hydrogen-bond donors (Lipinski definition) is 2. The first-order valence-corrected chi connectivity index (χ1v) is 10.8. The highest BCUT2D eigenvalue weighted by Gasteiger charge is 2.25. The van der Waals surface area contributed by atoms with E-state index < -0.39 is 0 Å². The summed E-state index contributed by atoms with van der Waals surface area (Å²) in [5, 5.41) is 6.38. The molecule has 0 saturated carbocycles. The third-order valence-corrected chi connectivity index (χ3v) is 5.99. The van der Waals surface area contributed by atoms with Gasteiger partial charge in [-0.2, -0.15) is 12.6 Å². The Morgan fingerprint density at radius 3 is 2.79 bits per heavy atom. The molecule has 0 unspecified atom stereocenters. The third kappa shape index (κ3) is 5.17. The van der Waals surface area contributed by atoms with Gasteiger partial charge < -0.3 is 10.2 Å². The fourth-order valence-electron chi connectivity index (χ4n) is 4.08. The number of amides is 1. The topological polar surface area (TPSA) is 45.2 Å². The Bertz CT molecular complexity index is 957. The number of carbonyl (C=O) groups excluding carboxylic acids is 1. The van der Waals surface area contributed by atoms with E-state index in [1.807, 2.05) is 17.0 Å². The zero-order valence-corrected chi connectivity index (χ0v) is 17.4. The number of aromatic nitrogens is 1. The summed E-state index contributed by atoms with van der Waals surface area (Å²) in [4.78, 5) is 19.3. The maximum absolute atomic E-state index is 13.1. The van der Waals surface area contributed by atoms with E-state index in [0.29, 0.717) is 24.3 Å². The van der Waals surface area contributed by atoms with E-state index in [1.165, 1.54) is 16.3 Å². The van der Waals surface area contributed by atoms with Crippen molar-refractivity contribution in [1.82, 2.24) is 15.2 Å². The first-order valence-electron chi connectivity index (χ1n) is 10.2. The number of nitrogens with zero attached hydrogens (tertiary/aromatic N) is 2. The molecule has 2 atom stereocenters. The van der Waals surface area contributed by atoms with Crippen LogP contribution in [0.5, 0.6) is 0 Å². The molecule has 4 rings (SSSR count).